The molecule has 3 aliphatic rings. The maximum absolute atomic E-state index is 14.8. The number of benzene rings is 4. The summed E-state index contributed by atoms with van der Waals surface area (Å²) in [5, 5.41) is 0. The lowest BCUT2D eigenvalue weighted by Crippen LogP contribution is -2.48. The van der Waals surface area contributed by atoms with Gasteiger partial charge in [-0.1, -0.05) is 60.7 Å². The number of hydrogen-bond acceptors (Lipinski definition) is 7. The fourth-order valence-electron chi connectivity index (χ4n) is 7.26. The van der Waals surface area contributed by atoms with Gasteiger partial charge in [-0.05, 0) is 42.0 Å². The molecule has 1 spiro atoms. The van der Waals surface area contributed by atoms with Crippen molar-refractivity contribution < 1.29 is 28.6 Å². The van der Waals surface area contributed by atoms with Gasteiger partial charge in [0.2, 0.25) is 0 Å². The Morgan fingerprint density at radius 3 is 2.02 bits per heavy atom. The van der Waals surface area contributed by atoms with Gasteiger partial charge >= 0.3 is 0 Å². The lowest BCUT2D eigenvalue weighted by molar-refractivity contribution is 0.0665. The summed E-state index contributed by atoms with van der Waals surface area (Å²) in [5.74, 6) is -0.0789. The van der Waals surface area contributed by atoms with Crippen LogP contribution in [0.2, 0.25) is 0 Å². The first kappa shape index (κ1) is 26.7. The second kappa shape index (κ2) is 9.98. The van der Waals surface area contributed by atoms with Crippen molar-refractivity contribution in [2.75, 3.05) is 26.2 Å². The van der Waals surface area contributed by atoms with Gasteiger partial charge in [0.25, 0.3) is 0 Å². The Bertz CT molecular complexity index is 1790. The molecular weight excluding hydrogens is 542 g/mol. The van der Waals surface area contributed by atoms with Crippen LogP contribution in [0.1, 0.15) is 48.1 Å². The second-order valence-electron chi connectivity index (χ2n) is 11.0. The topological polar surface area (TPSA) is 82.1 Å². The lowest BCUT2D eigenvalue weighted by atomic mass is 9.64. The zero-order chi connectivity index (χ0) is 29.9. The Morgan fingerprint density at radius 1 is 0.744 bits per heavy atom. The van der Waals surface area contributed by atoms with E-state index in [1.54, 1.807) is 74.9 Å². The third kappa shape index (κ3) is 3.64. The fraction of sp³-hybridized carbons (Fsp3) is 0.194. The molecule has 1 aliphatic carbocycles. The zero-order valence-electron chi connectivity index (χ0n) is 23.9. The molecule has 0 radical (unpaired) electrons. The monoisotopic (exact) mass is 571 g/mol. The number of fused-ring (bicyclic) bond motifs is 5. The Hall–Kier alpha value is -5.17. The van der Waals surface area contributed by atoms with E-state index in [1.165, 1.54) is 7.11 Å². The number of anilines is 1. The highest BCUT2D eigenvalue weighted by Crippen LogP contribution is 2.62. The lowest BCUT2D eigenvalue weighted by Gasteiger charge is -2.37. The zero-order valence-corrected chi connectivity index (χ0v) is 23.9. The number of hydrogen-bond donors (Lipinski definition) is 0. The van der Waals surface area contributed by atoms with Crippen molar-refractivity contribution in [2.24, 2.45) is 5.41 Å². The molecule has 4 aromatic rings. The van der Waals surface area contributed by atoms with Gasteiger partial charge < -0.3 is 19.1 Å². The molecule has 43 heavy (non-hydrogen) atoms. The Kier molecular flexibility index (Phi) is 6.20. The number of nitrogens with zero attached hydrogens (tertiary/aromatic N) is 1. The SMILES string of the molecule is COc1ccc(C(=O)C2C(c3ccc(OC)cc3OC)C3(C(=O)c4ccccc4C3=O)C3C=Cc4ccccc4N23)cc1. The highest BCUT2D eigenvalue weighted by atomic mass is 16.5. The Labute approximate surface area is 249 Å². The Morgan fingerprint density at radius 2 is 1.37 bits per heavy atom. The van der Waals surface area contributed by atoms with Crippen LogP contribution in [0.15, 0.2) is 97.1 Å². The van der Waals surface area contributed by atoms with Crippen LogP contribution in [0.3, 0.4) is 0 Å². The van der Waals surface area contributed by atoms with Crippen molar-refractivity contribution in [2.45, 2.75) is 18.0 Å². The maximum atomic E-state index is 14.8. The van der Waals surface area contributed by atoms with Gasteiger partial charge in [0.15, 0.2) is 17.3 Å². The number of methoxy groups -OCH3 is 3. The third-order valence-electron chi connectivity index (χ3n) is 9.13. The molecule has 3 unspecified atom stereocenters. The molecule has 2 aliphatic heterocycles. The van der Waals surface area contributed by atoms with Gasteiger partial charge in [-0.15, -0.1) is 0 Å². The van der Waals surface area contributed by atoms with Gasteiger partial charge in [0.1, 0.15) is 28.7 Å². The first-order valence-electron chi connectivity index (χ1n) is 14.1. The molecule has 0 amide bonds. The molecule has 1 fully saturated rings. The van der Waals surface area contributed by atoms with Crippen molar-refractivity contribution in [3.8, 4) is 17.2 Å². The standard InChI is InChI=1S/C36H29NO6/c1-41-23-15-12-22(13-16-23)33(38)32-31(27-18-17-24(42-2)20-29(27)43-3)36(34(39)25-9-5-6-10-26(25)35(36)40)30-19-14-21-8-4-7-11-28(21)37(30)32/h4-20,30-32H,1-3H3. The number of rotatable bonds is 6. The van der Waals surface area contributed by atoms with Crippen LogP contribution in [0, 0.1) is 5.41 Å². The summed E-state index contributed by atoms with van der Waals surface area (Å²) in [7, 11) is 4.67. The van der Waals surface area contributed by atoms with Crippen LogP contribution in [-0.4, -0.2) is 50.8 Å². The molecule has 4 aromatic carbocycles. The molecule has 1 saturated heterocycles. The first-order valence-corrected chi connectivity index (χ1v) is 14.1. The summed E-state index contributed by atoms with van der Waals surface area (Å²) in [4.78, 5) is 46.5. The van der Waals surface area contributed by atoms with Crippen molar-refractivity contribution >= 4 is 29.1 Å². The predicted molar refractivity (Wildman–Crippen MR) is 163 cm³/mol. The van der Waals surface area contributed by atoms with Crippen molar-refractivity contribution in [1.29, 1.82) is 0 Å². The number of para-hydroxylation sites is 1. The van der Waals surface area contributed by atoms with E-state index in [2.05, 4.69) is 0 Å². The normalized spacial score (nSPS) is 20.9. The highest BCUT2D eigenvalue weighted by Gasteiger charge is 2.72. The van der Waals surface area contributed by atoms with Gasteiger partial charge in [0.05, 0.1) is 27.4 Å². The minimum absolute atomic E-state index is 0.214. The molecular formula is C36H29NO6. The molecule has 0 aromatic heterocycles. The fourth-order valence-corrected chi connectivity index (χ4v) is 7.26. The van der Waals surface area contributed by atoms with Crippen LogP contribution in [-0.2, 0) is 0 Å². The van der Waals surface area contributed by atoms with Gasteiger partial charge in [-0.25, -0.2) is 0 Å². The number of carbonyl (C=O) groups is 3. The van der Waals surface area contributed by atoms with E-state index in [-0.39, 0.29) is 17.3 Å². The largest absolute Gasteiger partial charge is 0.497 e. The smallest absolute Gasteiger partial charge is 0.185 e. The summed E-state index contributed by atoms with van der Waals surface area (Å²) >= 11 is 0. The second-order valence-corrected chi connectivity index (χ2v) is 11.0. The Balaban J connectivity index is 1.55. The first-order chi connectivity index (χ1) is 20.9. The molecule has 2 heterocycles. The van der Waals surface area contributed by atoms with Gasteiger partial charge in [0, 0.05) is 39.9 Å². The maximum Gasteiger partial charge on any atom is 0.185 e. The summed E-state index contributed by atoms with van der Waals surface area (Å²) < 4.78 is 16.7. The van der Waals surface area contributed by atoms with Crippen LogP contribution in [0.25, 0.3) is 6.08 Å². The van der Waals surface area contributed by atoms with E-state index in [1.807, 2.05) is 47.4 Å². The van der Waals surface area contributed by atoms with E-state index in [4.69, 9.17) is 14.2 Å². The third-order valence-corrected chi connectivity index (χ3v) is 9.13. The predicted octanol–water partition coefficient (Wildman–Crippen LogP) is 6.03. The van der Waals surface area contributed by atoms with Crippen LogP contribution < -0.4 is 19.1 Å². The van der Waals surface area contributed by atoms with E-state index < -0.39 is 23.4 Å². The van der Waals surface area contributed by atoms with Crippen molar-refractivity contribution in [3.05, 3.63) is 125 Å². The molecule has 0 bridgehead atoms. The minimum atomic E-state index is -1.62. The summed E-state index contributed by atoms with van der Waals surface area (Å²) in [6.45, 7) is 0. The van der Waals surface area contributed by atoms with E-state index in [0.717, 1.165) is 11.3 Å². The average Bonchev–Trinajstić information content (AvgIpc) is 3.50. The number of carbonyl (C=O) groups excluding carboxylic acids is 3. The quantitative estimate of drug-likeness (QED) is 0.207. The molecule has 0 N–H and O–H groups in total. The number of Topliss-reactive ketones (excluding diaryl/α,β-unsaturated/α-hetero) is 3. The number of ether oxygens (including phenoxy) is 3. The molecule has 3 atom stereocenters. The van der Waals surface area contributed by atoms with Gasteiger partial charge in [-0.3, -0.25) is 14.4 Å². The van der Waals surface area contributed by atoms with Gasteiger partial charge in [-0.2, -0.15) is 0 Å². The van der Waals surface area contributed by atoms with Crippen molar-refractivity contribution in [3.63, 3.8) is 0 Å². The van der Waals surface area contributed by atoms with E-state index in [0.29, 0.717) is 39.5 Å². The van der Waals surface area contributed by atoms with Crippen LogP contribution in [0.5, 0.6) is 17.2 Å². The molecule has 0 saturated carbocycles. The molecule has 7 rings (SSSR count). The molecule has 7 heteroatoms. The van der Waals surface area contributed by atoms with E-state index in [9.17, 15) is 14.4 Å². The minimum Gasteiger partial charge on any atom is -0.497 e. The summed E-state index contributed by atoms with van der Waals surface area (Å²) in [6, 6.07) is 25.3. The average molecular weight is 572 g/mol. The number of ketones is 3. The van der Waals surface area contributed by atoms with Crippen molar-refractivity contribution in [1.82, 2.24) is 0 Å². The summed E-state index contributed by atoms with van der Waals surface area (Å²) in [5.41, 5.74) is 1.84. The van der Waals surface area contributed by atoms with Crippen LogP contribution in [0.4, 0.5) is 5.69 Å². The summed E-state index contributed by atoms with van der Waals surface area (Å²) in [6.07, 6.45) is 3.86. The van der Waals surface area contributed by atoms with E-state index >= 15 is 0 Å². The van der Waals surface area contributed by atoms with Crippen LogP contribution >= 0.6 is 0 Å². The highest BCUT2D eigenvalue weighted by molar-refractivity contribution is 6.32. The molecule has 214 valence electrons. The molecule has 7 nitrogen and oxygen atoms in total.